The van der Waals surface area contributed by atoms with Crippen LogP contribution in [0.2, 0.25) is 0 Å². The molecular formula is C24H25N5O. The maximum absolute atomic E-state index is 12.8. The number of carbonyl (C=O) groups is 1. The van der Waals surface area contributed by atoms with Crippen molar-refractivity contribution in [3.8, 4) is 0 Å². The molecule has 1 amide bonds. The van der Waals surface area contributed by atoms with Crippen LogP contribution in [0, 0.1) is 0 Å². The van der Waals surface area contributed by atoms with Gasteiger partial charge in [-0.2, -0.15) is 5.10 Å². The lowest BCUT2D eigenvalue weighted by Gasteiger charge is -2.10. The van der Waals surface area contributed by atoms with Crippen molar-refractivity contribution in [1.29, 1.82) is 0 Å². The first-order chi connectivity index (χ1) is 14.7. The Morgan fingerprint density at radius 1 is 1.00 bits per heavy atom. The fourth-order valence-corrected chi connectivity index (χ4v) is 3.57. The van der Waals surface area contributed by atoms with Crippen molar-refractivity contribution in [3.05, 3.63) is 107 Å². The monoisotopic (exact) mass is 399 g/mol. The zero-order valence-corrected chi connectivity index (χ0v) is 17.0. The number of benzene rings is 2. The van der Waals surface area contributed by atoms with Crippen molar-refractivity contribution in [1.82, 2.24) is 24.6 Å². The molecule has 0 bridgehead atoms. The summed E-state index contributed by atoms with van der Waals surface area (Å²) in [5.41, 5.74) is 4.99. The van der Waals surface area contributed by atoms with Crippen LogP contribution in [0.1, 0.15) is 39.7 Å². The van der Waals surface area contributed by atoms with Crippen molar-refractivity contribution < 1.29 is 4.79 Å². The van der Waals surface area contributed by atoms with Crippen LogP contribution in [0.25, 0.3) is 0 Å². The van der Waals surface area contributed by atoms with E-state index in [0.717, 1.165) is 29.8 Å². The van der Waals surface area contributed by atoms with E-state index in [4.69, 9.17) is 0 Å². The molecule has 2 aromatic carbocycles. The predicted octanol–water partition coefficient (Wildman–Crippen LogP) is 3.67. The number of rotatable bonds is 8. The molecule has 0 unspecified atom stereocenters. The SMILES string of the molecule is CCc1c(C(=O)NCc2cccc(Cn3ccnc3)c2)cnn1Cc1ccccc1. The van der Waals surface area contributed by atoms with Crippen molar-refractivity contribution in [3.63, 3.8) is 0 Å². The third-order valence-electron chi connectivity index (χ3n) is 5.07. The normalized spacial score (nSPS) is 10.8. The van der Waals surface area contributed by atoms with Gasteiger partial charge in [0.1, 0.15) is 0 Å². The maximum Gasteiger partial charge on any atom is 0.255 e. The van der Waals surface area contributed by atoms with Gasteiger partial charge in [-0.3, -0.25) is 9.48 Å². The zero-order valence-electron chi connectivity index (χ0n) is 17.0. The van der Waals surface area contributed by atoms with Crippen LogP contribution >= 0.6 is 0 Å². The van der Waals surface area contributed by atoms with Crippen LogP contribution in [0.5, 0.6) is 0 Å². The van der Waals surface area contributed by atoms with Gasteiger partial charge in [-0.05, 0) is 23.1 Å². The molecule has 0 aliphatic heterocycles. The van der Waals surface area contributed by atoms with E-state index >= 15 is 0 Å². The van der Waals surface area contributed by atoms with E-state index in [2.05, 4.69) is 46.6 Å². The Bertz CT molecular complexity index is 1100. The number of amides is 1. The lowest BCUT2D eigenvalue weighted by Crippen LogP contribution is -2.24. The Morgan fingerprint density at radius 2 is 1.80 bits per heavy atom. The van der Waals surface area contributed by atoms with E-state index in [-0.39, 0.29) is 5.91 Å². The molecule has 0 radical (unpaired) electrons. The largest absolute Gasteiger partial charge is 0.348 e. The summed E-state index contributed by atoms with van der Waals surface area (Å²) in [6, 6.07) is 18.4. The maximum atomic E-state index is 12.8. The minimum Gasteiger partial charge on any atom is -0.348 e. The van der Waals surface area contributed by atoms with Gasteiger partial charge in [0.05, 0.1) is 30.3 Å². The van der Waals surface area contributed by atoms with Crippen LogP contribution in [0.15, 0.2) is 79.5 Å². The van der Waals surface area contributed by atoms with Crippen molar-refractivity contribution in [2.45, 2.75) is 33.0 Å². The second-order valence-electron chi connectivity index (χ2n) is 7.24. The van der Waals surface area contributed by atoms with E-state index in [1.807, 2.05) is 45.8 Å². The van der Waals surface area contributed by atoms with Crippen LogP contribution in [-0.2, 0) is 26.1 Å². The van der Waals surface area contributed by atoms with Gasteiger partial charge in [0, 0.05) is 25.5 Å². The van der Waals surface area contributed by atoms with E-state index in [1.54, 1.807) is 18.7 Å². The quantitative estimate of drug-likeness (QED) is 0.492. The highest BCUT2D eigenvalue weighted by atomic mass is 16.1. The summed E-state index contributed by atoms with van der Waals surface area (Å²) >= 11 is 0. The molecule has 0 aliphatic rings. The summed E-state index contributed by atoms with van der Waals surface area (Å²) < 4.78 is 3.93. The third-order valence-corrected chi connectivity index (χ3v) is 5.07. The average Bonchev–Trinajstić information content (AvgIpc) is 3.43. The molecule has 0 aliphatic carbocycles. The molecular weight excluding hydrogens is 374 g/mol. The Balaban J connectivity index is 1.42. The summed E-state index contributed by atoms with van der Waals surface area (Å²) in [5, 5.41) is 7.50. The summed E-state index contributed by atoms with van der Waals surface area (Å²) in [6.45, 7) is 3.94. The minimum absolute atomic E-state index is 0.0915. The van der Waals surface area contributed by atoms with Gasteiger partial charge in [0.25, 0.3) is 5.91 Å². The molecule has 0 atom stereocenters. The lowest BCUT2D eigenvalue weighted by molar-refractivity contribution is 0.0950. The van der Waals surface area contributed by atoms with E-state index < -0.39 is 0 Å². The number of hydrogen-bond acceptors (Lipinski definition) is 3. The number of carbonyl (C=O) groups excluding carboxylic acids is 1. The van der Waals surface area contributed by atoms with Crippen molar-refractivity contribution in [2.75, 3.05) is 0 Å². The topological polar surface area (TPSA) is 64.7 Å². The molecule has 4 aromatic rings. The second-order valence-corrected chi connectivity index (χ2v) is 7.24. The van der Waals surface area contributed by atoms with Crippen LogP contribution in [-0.4, -0.2) is 25.2 Å². The number of imidazole rings is 1. The average molecular weight is 399 g/mol. The van der Waals surface area contributed by atoms with Gasteiger partial charge in [0.15, 0.2) is 0 Å². The first-order valence-corrected chi connectivity index (χ1v) is 10.1. The van der Waals surface area contributed by atoms with Gasteiger partial charge < -0.3 is 9.88 Å². The molecule has 1 N–H and O–H groups in total. The number of hydrogen-bond donors (Lipinski definition) is 1. The molecule has 30 heavy (non-hydrogen) atoms. The smallest absolute Gasteiger partial charge is 0.255 e. The summed E-state index contributed by atoms with van der Waals surface area (Å²) in [4.78, 5) is 16.9. The summed E-state index contributed by atoms with van der Waals surface area (Å²) in [5.74, 6) is -0.0915. The summed E-state index contributed by atoms with van der Waals surface area (Å²) in [6.07, 6.45) is 7.93. The lowest BCUT2D eigenvalue weighted by atomic mass is 10.1. The Labute approximate surface area is 176 Å². The molecule has 6 heteroatoms. The second kappa shape index (κ2) is 9.22. The van der Waals surface area contributed by atoms with E-state index in [9.17, 15) is 4.79 Å². The van der Waals surface area contributed by atoms with Gasteiger partial charge in [-0.25, -0.2) is 4.98 Å². The first kappa shape index (κ1) is 19.6. The van der Waals surface area contributed by atoms with Gasteiger partial charge in [-0.1, -0.05) is 61.5 Å². The molecule has 0 saturated heterocycles. The number of aromatic nitrogens is 4. The Hall–Kier alpha value is -3.67. The highest BCUT2D eigenvalue weighted by Gasteiger charge is 2.16. The van der Waals surface area contributed by atoms with Crippen molar-refractivity contribution in [2.24, 2.45) is 0 Å². The molecule has 0 fully saturated rings. The van der Waals surface area contributed by atoms with Crippen LogP contribution < -0.4 is 5.32 Å². The minimum atomic E-state index is -0.0915. The first-order valence-electron chi connectivity index (χ1n) is 10.1. The van der Waals surface area contributed by atoms with Crippen LogP contribution in [0.4, 0.5) is 0 Å². The summed E-state index contributed by atoms with van der Waals surface area (Å²) in [7, 11) is 0. The van der Waals surface area contributed by atoms with E-state index in [1.165, 1.54) is 5.56 Å². The van der Waals surface area contributed by atoms with Crippen molar-refractivity contribution >= 4 is 5.91 Å². The zero-order chi connectivity index (χ0) is 20.8. The Morgan fingerprint density at radius 3 is 2.57 bits per heavy atom. The third kappa shape index (κ3) is 4.66. The standard InChI is InChI=1S/C24H25N5O/c1-2-23-22(15-27-29(23)17-19-7-4-3-5-8-19)24(30)26-14-20-9-6-10-21(13-20)16-28-12-11-25-18-28/h3-13,15,18H,2,14,16-17H2,1H3,(H,26,30). The molecule has 2 heterocycles. The fraction of sp³-hybridized carbons (Fsp3) is 0.208. The molecule has 152 valence electrons. The van der Waals surface area contributed by atoms with Gasteiger partial charge >= 0.3 is 0 Å². The van der Waals surface area contributed by atoms with E-state index in [0.29, 0.717) is 18.7 Å². The number of nitrogens with one attached hydrogen (secondary N) is 1. The van der Waals surface area contributed by atoms with Gasteiger partial charge in [0.2, 0.25) is 0 Å². The fourth-order valence-electron chi connectivity index (χ4n) is 3.57. The molecule has 6 nitrogen and oxygen atoms in total. The van der Waals surface area contributed by atoms with Gasteiger partial charge in [-0.15, -0.1) is 0 Å². The highest BCUT2D eigenvalue weighted by molar-refractivity contribution is 5.95. The Kier molecular flexibility index (Phi) is 6.03. The number of nitrogens with zero attached hydrogens (tertiary/aromatic N) is 4. The molecule has 0 saturated carbocycles. The molecule has 4 rings (SSSR count). The molecule has 0 spiro atoms. The highest BCUT2D eigenvalue weighted by Crippen LogP contribution is 2.13. The predicted molar refractivity (Wildman–Crippen MR) is 116 cm³/mol. The molecule has 2 aromatic heterocycles. The van der Waals surface area contributed by atoms with Crippen LogP contribution in [0.3, 0.4) is 0 Å².